The number of nitrogens with zero attached hydrogens (tertiary/aromatic N) is 4. The predicted molar refractivity (Wildman–Crippen MR) is 180 cm³/mol. The molecule has 1 aromatic carbocycles. The highest BCUT2D eigenvalue weighted by Crippen LogP contribution is 2.44. The third-order valence-electron chi connectivity index (χ3n) is 10.3. The second-order valence-corrected chi connectivity index (χ2v) is 14.8. The molecule has 230 valence electrons. The second kappa shape index (κ2) is 11.4. The number of nitrogens with one attached hydrogen (secondary N) is 1. The summed E-state index contributed by atoms with van der Waals surface area (Å²) in [5.74, 6) is 1.37. The lowest BCUT2D eigenvalue weighted by Gasteiger charge is -2.31. The molecule has 7 nitrogen and oxygen atoms in total. The second-order valence-electron chi connectivity index (χ2n) is 13.7. The first-order valence-corrected chi connectivity index (χ1v) is 17.0. The molecule has 1 atom stereocenters. The number of hydrogen-bond acceptors (Lipinski definition) is 4. The minimum absolute atomic E-state index is 0.288. The Morgan fingerprint density at radius 3 is 2.41 bits per heavy atom. The Hall–Kier alpha value is -3.65. The first kappa shape index (κ1) is 29.1. The maximum atomic E-state index is 13.9. The van der Waals surface area contributed by atoms with Crippen LogP contribution in [-0.2, 0) is 16.6 Å². The highest BCUT2D eigenvalue weighted by Gasteiger charge is 2.47. The molecule has 6 heterocycles. The first-order valence-electron chi connectivity index (χ1n) is 16.2. The van der Waals surface area contributed by atoms with Crippen molar-refractivity contribution in [3.8, 4) is 11.3 Å². The number of carbonyl (C=O) groups excluding carboxylic acids is 1. The summed E-state index contributed by atoms with van der Waals surface area (Å²) >= 11 is 1.73. The van der Waals surface area contributed by atoms with Crippen LogP contribution in [0.2, 0.25) is 0 Å². The average molecular weight is 609 g/mol. The molecule has 1 amide bonds. The standard InChI is InChI=1S/C36H44N6OS/c1-22-17-23(2)19-26(18-22)32-29(11-15-39-35(37)41-16-12-25(21-41)24-9-13-38-14-10-24)30-20-31(44-33(30)40-32)36(3,4)34(43)42-27-5-6-28(42)8-7-27/h9-10,13-14,17-20,25,27-28,40H,5-8,11-12,15-16,21H2,1-4H3,(H2,37,39). The molecule has 3 saturated heterocycles. The Morgan fingerprint density at radius 1 is 1.05 bits per heavy atom. The van der Waals surface area contributed by atoms with Gasteiger partial charge in [-0.25, -0.2) is 0 Å². The molecule has 0 aliphatic carbocycles. The monoisotopic (exact) mass is 608 g/mol. The fourth-order valence-electron chi connectivity index (χ4n) is 7.90. The van der Waals surface area contributed by atoms with Crippen molar-refractivity contribution in [1.29, 1.82) is 0 Å². The Balaban J connectivity index is 1.16. The highest BCUT2D eigenvalue weighted by molar-refractivity contribution is 7.19. The third-order valence-corrected chi connectivity index (χ3v) is 11.6. The van der Waals surface area contributed by atoms with Crippen LogP contribution in [0.15, 0.2) is 53.8 Å². The lowest BCUT2D eigenvalue weighted by Crippen LogP contribution is -2.45. The fraction of sp³-hybridized carbons (Fsp3) is 0.472. The fourth-order valence-corrected chi connectivity index (χ4v) is 9.08. The zero-order chi connectivity index (χ0) is 30.6. The van der Waals surface area contributed by atoms with Gasteiger partial charge in [-0.2, -0.15) is 0 Å². The van der Waals surface area contributed by atoms with Gasteiger partial charge in [-0.05, 0) is 113 Å². The van der Waals surface area contributed by atoms with E-state index in [-0.39, 0.29) is 5.91 Å². The summed E-state index contributed by atoms with van der Waals surface area (Å²) < 4.78 is 0. The summed E-state index contributed by atoms with van der Waals surface area (Å²) in [6.07, 6.45) is 10.2. The van der Waals surface area contributed by atoms with Gasteiger partial charge in [0.05, 0.1) is 11.1 Å². The van der Waals surface area contributed by atoms with Crippen LogP contribution < -0.4 is 5.73 Å². The van der Waals surface area contributed by atoms with Gasteiger partial charge < -0.3 is 20.5 Å². The van der Waals surface area contributed by atoms with Crippen LogP contribution in [-0.4, -0.2) is 63.4 Å². The zero-order valence-corrected chi connectivity index (χ0v) is 27.2. The summed E-state index contributed by atoms with van der Waals surface area (Å²) in [6.45, 7) is 10.9. The normalized spacial score (nSPS) is 22.1. The van der Waals surface area contributed by atoms with Crippen molar-refractivity contribution in [2.45, 2.75) is 89.6 Å². The molecule has 3 aliphatic heterocycles. The van der Waals surface area contributed by atoms with Gasteiger partial charge in [0.1, 0.15) is 4.83 Å². The van der Waals surface area contributed by atoms with Crippen molar-refractivity contribution in [1.82, 2.24) is 19.8 Å². The Kier molecular flexibility index (Phi) is 7.51. The number of amides is 1. The number of hydrogen-bond donors (Lipinski definition) is 2. The van der Waals surface area contributed by atoms with Crippen molar-refractivity contribution in [2.24, 2.45) is 10.7 Å². The Labute approximate surface area is 264 Å². The van der Waals surface area contributed by atoms with Gasteiger partial charge in [0.25, 0.3) is 0 Å². The van der Waals surface area contributed by atoms with Gasteiger partial charge in [0.15, 0.2) is 5.96 Å². The van der Waals surface area contributed by atoms with Crippen LogP contribution >= 0.6 is 11.3 Å². The van der Waals surface area contributed by atoms with Crippen LogP contribution in [0.25, 0.3) is 21.5 Å². The van der Waals surface area contributed by atoms with E-state index in [1.165, 1.54) is 33.2 Å². The summed E-state index contributed by atoms with van der Waals surface area (Å²) in [5.41, 5.74) is 13.4. The number of thiophene rings is 1. The van der Waals surface area contributed by atoms with Gasteiger partial charge in [-0.1, -0.05) is 17.2 Å². The number of aromatic nitrogens is 2. The summed E-state index contributed by atoms with van der Waals surface area (Å²) in [5, 5.41) is 1.21. The minimum atomic E-state index is -0.559. The summed E-state index contributed by atoms with van der Waals surface area (Å²) in [6, 6.07) is 14.1. The smallest absolute Gasteiger partial charge is 0.233 e. The van der Waals surface area contributed by atoms with Gasteiger partial charge in [-0.15, -0.1) is 11.3 Å². The number of nitrogens with two attached hydrogens (primary N) is 1. The van der Waals surface area contributed by atoms with Crippen LogP contribution in [0.3, 0.4) is 0 Å². The molecule has 44 heavy (non-hydrogen) atoms. The van der Waals surface area contributed by atoms with Gasteiger partial charge in [0, 0.05) is 60.3 Å². The van der Waals surface area contributed by atoms with E-state index < -0.39 is 5.41 Å². The minimum Gasteiger partial charge on any atom is -0.370 e. The number of carbonyl (C=O) groups is 1. The van der Waals surface area contributed by atoms with Crippen molar-refractivity contribution < 1.29 is 4.79 Å². The third kappa shape index (κ3) is 5.21. The van der Waals surface area contributed by atoms with E-state index in [0.29, 0.717) is 30.5 Å². The number of pyridine rings is 1. The molecule has 3 fully saturated rings. The quantitative estimate of drug-likeness (QED) is 0.181. The molecule has 3 aromatic heterocycles. The van der Waals surface area contributed by atoms with Crippen molar-refractivity contribution in [3.05, 3.63) is 75.9 Å². The van der Waals surface area contributed by atoms with E-state index in [1.807, 2.05) is 12.4 Å². The van der Waals surface area contributed by atoms with Crippen LogP contribution in [0, 0.1) is 13.8 Å². The molecule has 3 N–H and O–H groups in total. The van der Waals surface area contributed by atoms with Crippen molar-refractivity contribution >= 4 is 33.4 Å². The van der Waals surface area contributed by atoms with E-state index in [4.69, 9.17) is 10.7 Å². The number of aliphatic imine (C=N–C) groups is 1. The van der Waals surface area contributed by atoms with Gasteiger partial charge >= 0.3 is 0 Å². The molecule has 3 aliphatic rings. The number of aromatic amines is 1. The molecule has 0 saturated carbocycles. The first-order chi connectivity index (χ1) is 21.2. The van der Waals surface area contributed by atoms with Crippen LogP contribution in [0.1, 0.15) is 79.0 Å². The molecule has 0 radical (unpaired) electrons. The number of likely N-dealkylation sites (tertiary alicyclic amines) is 1. The molecular formula is C36H44N6OS. The van der Waals surface area contributed by atoms with E-state index in [2.05, 4.69) is 83.9 Å². The lowest BCUT2D eigenvalue weighted by molar-refractivity contribution is -0.137. The van der Waals surface area contributed by atoms with E-state index in [9.17, 15) is 4.79 Å². The summed E-state index contributed by atoms with van der Waals surface area (Å²) in [4.78, 5) is 33.5. The Morgan fingerprint density at radius 2 is 1.73 bits per heavy atom. The molecule has 8 heteroatoms. The Bertz CT molecular complexity index is 1680. The molecule has 2 bridgehead atoms. The lowest BCUT2D eigenvalue weighted by atomic mass is 9.88. The average Bonchev–Trinajstić information content (AvgIpc) is 3.84. The molecule has 7 rings (SSSR count). The number of fused-ring (bicyclic) bond motifs is 3. The van der Waals surface area contributed by atoms with E-state index in [1.54, 1.807) is 11.3 Å². The molecule has 0 spiro atoms. The number of benzene rings is 1. The molecular weight excluding hydrogens is 565 g/mol. The van der Waals surface area contributed by atoms with Crippen molar-refractivity contribution in [3.63, 3.8) is 0 Å². The molecule has 1 unspecified atom stereocenters. The number of rotatable bonds is 7. The molecule has 4 aromatic rings. The topological polar surface area (TPSA) is 90.6 Å². The SMILES string of the molecule is Cc1cc(C)cc(-c2[nH]c3sc(C(C)(C)C(=O)N4C5CCC4CC5)cc3c2CCN=C(N)N2CCC(c3ccncc3)C2)c1. The zero-order valence-electron chi connectivity index (χ0n) is 26.4. The highest BCUT2D eigenvalue weighted by atomic mass is 32.1. The van der Waals surface area contributed by atoms with Gasteiger partial charge in [-0.3, -0.25) is 14.8 Å². The largest absolute Gasteiger partial charge is 0.370 e. The number of aryl methyl sites for hydroxylation is 2. The van der Waals surface area contributed by atoms with Crippen LogP contribution in [0.5, 0.6) is 0 Å². The maximum absolute atomic E-state index is 13.9. The van der Waals surface area contributed by atoms with E-state index >= 15 is 0 Å². The van der Waals surface area contributed by atoms with Gasteiger partial charge in [0.2, 0.25) is 5.91 Å². The van der Waals surface area contributed by atoms with E-state index in [0.717, 1.165) is 67.0 Å². The number of guanidine groups is 1. The number of H-pyrrole nitrogens is 1. The van der Waals surface area contributed by atoms with Crippen molar-refractivity contribution in [2.75, 3.05) is 19.6 Å². The summed E-state index contributed by atoms with van der Waals surface area (Å²) in [7, 11) is 0. The predicted octanol–water partition coefficient (Wildman–Crippen LogP) is 6.69. The maximum Gasteiger partial charge on any atom is 0.233 e. The van der Waals surface area contributed by atoms with Crippen LogP contribution in [0.4, 0.5) is 0 Å².